The largest absolute Gasteiger partial charge is 0.487 e. The average molecular weight is 317 g/mol. The van der Waals surface area contributed by atoms with Gasteiger partial charge in [-0.1, -0.05) is 15.9 Å². The van der Waals surface area contributed by atoms with Crippen LogP contribution in [0.4, 0.5) is 5.82 Å². The number of rotatable bonds is 8. The Bertz CT molecular complexity index is 348. The summed E-state index contributed by atoms with van der Waals surface area (Å²) in [6.07, 6.45) is 1.93. The van der Waals surface area contributed by atoms with E-state index in [-0.39, 0.29) is 6.10 Å². The van der Waals surface area contributed by atoms with Crippen LogP contribution in [0.25, 0.3) is 0 Å². The summed E-state index contributed by atoms with van der Waals surface area (Å²) in [5.74, 6) is 1.70. The van der Waals surface area contributed by atoms with Crippen LogP contribution in [0, 0.1) is 0 Å². The first-order valence-electron chi connectivity index (χ1n) is 6.10. The zero-order valence-corrected chi connectivity index (χ0v) is 12.8. The Morgan fingerprint density at radius 3 is 2.78 bits per heavy atom. The van der Waals surface area contributed by atoms with Gasteiger partial charge >= 0.3 is 0 Å². The molecule has 0 aliphatic rings. The maximum absolute atomic E-state index is 5.79. The van der Waals surface area contributed by atoms with Crippen molar-refractivity contribution in [1.82, 2.24) is 4.98 Å². The first-order valence-corrected chi connectivity index (χ1v) is 7.22. The van der Waals surface area contributed by atoms with Gasteiger partial charge in [0.1, 0.15) is 0 Å². The van der Waals surface area contributed by atoms with E-state index in [1.165, 1.54) is 0 Å². The fraction of sp³-hybridized carbons (Fsp3) is 0.615. The van der Waals surface area contributed by atoms with Gasteiger partial charge in [0.25, 0.3) is 0 Å². The van der Waals surface area contributed by atoms with E-state index in [0.717, 1.165) is 30.0 Å². The molecule has 18 heavy (non-hydrogen) atoms. The molecule has 0 unspecified atom stereocenters. The number of alkyl halides is 1. The molecule has 1 aromatic heterocycles. The lowest BCUT2D eigenvalue weighted by Gasteiger charge is -2.25. The van der Waals surface area contributed by atoms with Crippen molar-refractivity contribution in [3.63, 3.8) is 0 Å². The second kappa shape index (κ2) is 8.32. The number of anilines is 1. The van der Waals surface area contributed by atoms with E-state index in [4.69, 9.17) is 9.47 Å². The van der Waals surface area contributed by atoms with Crippen molar-refractivity contribution in [1.29, 1.82) is 0 Å². The summed E-state index contributed by atoms with van der Waals surface area (Å²) in [4.78, 5) is 6.59. The normalized spacial score (nSPS) is 10.7. The van der Waals surface area contributed by atoms with Crippen molar-refractivity contribution in [2.45, 2.75) is 20.0 Å². The van der Waals surface area contributed by atoms with Crippen molar-refractivity contribution in [2.24, 2.45) is 0 Å². The second-order valence-corrected chi connectivity index (χ2v) is 4.95. The van der Waals surface area contributed by atoms with Crippen LogP contribution in [0.2, 0.25) is 0 Å². The van der Waals surface area contributed by atoms with Crippen molar-refractivity contribution in [2.75, 3.05) is 37.0 Å². The maximum Gasteiger partial charge on any atom is 0.171 e. The third kappa shape index (κ3) is 4.82. The van der Waals surface area contributed by atoms with Crippen LogP contribution in [0.5, 0.6) is 5.75 Å². The quantitative estimate of drug-likeness (QED) is 0.691. The molecule has 1 aromatic rings. The Hall–Kier alpha value is -0.810. The van der Waals surface area contributed by atoms with E-state index in [1.54, 1.807) is 13.3 Å². The van der Waals surface area contributed by atoms with Crippen molar-refractivity contribution in [3.05, 3.63) is 18.3 Å². The third-order valence-electron chi connectivity index (χ3n) is 2.33. The summed E-state index contributed by atoms with van der Waals surface area (Å²) in [7, 11) is 1.70. The van der Waals surface area contributed by atoms with E-state index in [9.17, 15) is 0 Å². The molecule has 0 aliphatic carbocycles. The average Bonchev–Trinajstić information content (AvgIpc) is 2.35. The van der Waals surface area contributed by atoms with Gasteiger partial charge in [-0.15, -0.1) is 0 Å². The monoisotopic (exact) mass is 316 g/mol. The molecule has 1 heterocycles. The van der Waals surface area contributed by atoms with Crippen LogP contribution in [-0.4, -0.2) is 43.2 Å². The van der Waals surface area contributed by atoms with E-state index < -0.39 is 0 Å². The van der Waals surface area contributed by atoms with Crippen LogP contribution < -0.4 is 9.64 Å². The molecule has 5 heteroatoms. The zero-order chi connectivity index (χ0) is 13.4. The van der Waals surface area contributed by atoms with Gasteiger partial charge in [-0.25, -0.2) is 4.98 Å². The molecule has 0 amide bonds. The second-order valence-electron chi connectivity index (χ2n) is 4.16. The van der Waals surface area contributed by atoms with Crippen LogP contribution in [0.1, 0.15) is 13.8 Å². The Morgan fingerprint density at radius 1 is 1.39 bits per heavy atom. The Morgan fingerprint density at radius 2 is 2.17 bits per heavy atom. The van der Waals surface area contributed by atoms with Crippen LogP contribution >= 0.6 is 15.9 Å². The van der Waals surface area contributed by atoms with E-state index in [0.29, 0.717) is 6.61 Å². The molecule has 0 N–H and O–H groups in total. The molecule has 1 rings (SSSR count). The highest BCUT2D eigenvalue weighted by Gasteiger charge is 2.13. The number of ether oxygens (including phenoxy) is 2. The molecule has 0 spiro atoms. The van der Waals surface area contributed by atoms with Crippen molar-refractivity contribution >= 4 is 21.7 Å². The number of hydrogen-bond donors (Lipinski definition) is 0. The number of methoxy groups -OCH3 is 1. The van der Waals surface area contributed by atoms with Crippen LogP contribution in [-0.2, 0) is 4.74 Å². The molecule has 0 saturated heterocycles. The van der Waals surface area contributed by atoms with Crippen molar-refractivity contribution in [3.8, 4) is 5.75 Å². The van der Waals surface area contributed by atoms with Gasteiger partial charge in [0, 0.05) is 31.7 Å². The number of aromatic nitrogens is 1. The fourth-order valence-electron chi connectivity index (χ4n) is 1.59. The molecule has 0 atom stereocenters. The van der Waals surface area contributed by atoms with Gasteiger partial charge in [0.2, 0.25) is 0 Å². The van der Waals surface area contributed by atoms with Gasteiger partial charge in [0.15, 0.2) is 11.6 Å². The summed E-state index contributed by atoms with van der Waals surface area (Å²) < 4.78 is 10.9. The minimum Gasteiger partial charge on any atom is -0.487 e. The van der Waals surface area contributed by atoms with Gasteiger partial charge in [-0.05, 0) is 26.0 Å². The van der Waals surface area contributed by atoms with Gasteiger partial charge in [-0.3, -0.25) is 0 Å². The molecule has 0 saturated carbocycles. The third-order valence-corrected chi connectivity index (χ3v) is 2.69. The highest BCUT2D eigenvalue weighted by molar-refractivity contribution is 9.09. The Labute approximate surface area is 117 Å². The topological polar surface area (TPSA) is 34.6 Å². The minimum atomic E-state index is 0.140. The summed E-state index contributed by atoms with van der Waals surface area (Å²) in [5.41, 5.74) is 0. The zero-order valence-electron chi connectivity index (χ0n) is 11.2. The van der Waals surface area contributed by atoms with Crippen LogP contribution in [0.15, 0.2) is 18.3 Å². The highest BCUT2D eigenvalue weighted by Crippen LogP contribution is 2.26. The molecule has 0 bridgehead atoms. The first-order chi connectivity index (χ1) is 8.69. The van der Waals surface area contributed by atoms with Gasteiger partial charge < -0.3 is 14.4 Å². The number of nitrogens with zero attached hydrogens (tertiary/aromatic N) is 2. The lowest BCUT2D eigenvalue weighted by atomic mass is 10.3. The summed E-state index contributed by atoms with van der Waals surface area (Å²) in [5, 5.41) is 0.883. The molecular formula is C13H21BrN2O2. The molecule has 0 fully saturated rings. The summed E-state index contributed by atoms with van der Waals surface area (Å²) in [6, 6.07) is 3.85. The number of halogens is 1. The van der Waals surface area contributed by atoms with Crippen LogP contribution in [0.3, 0.4) is 0 Å². The fourth-order valence-corrected chi connectivity index (χ4v) is 2.02. The number of pyridine rings is 1. The first kappa shape index (κ1) is 15.2. The summed E-state index contributed by atoms with van der Waals surface area (Å²) in [6.45, 7) is 6.37. The highest BCUT2D eigenvalue weighted by atomic mass is 79.9. The summed E-state index contributed by atoms with van der Waals surface area (Å²) >= 11 is 3.46. The molecule has 0 aliphatic heterocycles. The minimum absolute atomic E-state index is 0.140. The SMILES string of the molecule is COCCN(CCBr)c1ncccc1OC(C)C. The predicted octanol–water partition coefficient (Wildman–Crippen LogP) is 2.72. The predicted molar refractivity (Wildman–Crippen MR) is 77.9 cm³/mol. The van der Waals surface area contributed by atoms with Gasteiger partial charge in [0.05, 0.1) is 12.7 Å². The van der Waals surface area contributed by atoms with E-state index >= 15 is 0 Å². The van der Waals surface area contributed by atoms with E-state index in [2.05, 4.69) is 25.8 Å². The van der Waals surface area contributed by atoms with E-state index in [1.807, 2.05) is 26.0 Å². The molecule has 0 radical (unpaired) electrons. The lowest BCUT2D eigenvalue weighted by molar-refractivity contribution is 0.204. The Kier molecular flexibility index (Phi) is 7.05. The standard InChI is InChI=1S/C13H21BrN2O2/c1-11(2)18-12-5-4-7-15-13(12)16(8-6-14)9-10-17-3/h4-5,7,11H,6,8-10H2,1-3H3. The molecular weight excluding hydrogens is 296 g/mol. The lowest BCUT2D eigenvalue weighted by Crippen LogP contribution is -2.30. The smallest absolute Gasteiger partial charge is 0.171 e. The number of hydrogen-bond acceptors (Lipinski definition) is 4. The maximum atomic E-state index is 5.79. The Balaban J connectivity index is 2.87. The van der Waals surface area contributed by atoms with Crippen molar-refractivity contribution < 1.29 is 9.47 Å². The molecule has 4 nitrogen and oxygen atoms in total. The molecule has 0 aromatic carbocycles. The van der Waals surface area contributed by atoms with Gasteiger partial charge in [-0.2, -0.15) is 0 Å². The molecule has 102 valence electrons.